The first kappa shape index (κ1) is 15.1. The summed E-state index contributed by atoms with van der Waals surface area (Å²) in [6.45, 7) is 1.36. The maximum atomic E-state index is 12.0. The molecule has 0 unspecified atom stereocenters. The molecule has 2 fully saturated rings. The predicted molar refractivity (Wildman–Crippen MR) is 84.4 cm³/mol. The number of H-pyrrole nitrogens is 1. The van der Waals surface area contributed by atoms with Gasteiger partial charge in [0.1, 0.15) is 5.02 Å². The minimum absolute atomic E-state index is 0.0526. The van der Waals surface area contributed by atoms with Crippen LogP contribution < -0.4 is 21.1 Å². The number of urea groups is 1. The summed E-state index contributed by atoms with van der Waals surface area (Å²) in [5.41, 5.74) is 0.223. The van der Waals surface area contributed by atoms with Gasteiger partial charge in [0, 0.05) is 25.2 Å². The van der Waals surface area contributed by atoms with Crippen molar-refractivity contribution in [2.24, 2.45) is 0 Å². The molecule has 1 aromatic rings. The van der Waals surface area contributed by atoms with Crippen LogP contribution in [0.25, 0.3) is 0 Å². The van der Waals surface area contributed by atoms with Crippen LogP contribution in [-0.2, 0) is 0 Å². The van der Waals surface area contributed by atoms with Gasteiger partial charge in [0.05, 0.1) is 11.9 Å². The number of carbonyl (C=O) groups is 1. The van der Waals surface area contributed by atoms with E-state index >= 15 is 0 Å². The van der Waals surface area contributed by atoms with Gasteiger partial charge >= 0.3 is 6.03 Å². The van der Waals surface area contributed by atoms with Crippen molar-refractivity contribution in [3.8, 4) is 0 Å². The molecule has 0 radical (unpaired) electrons. The maximum absolute atomic E-state index is 12.0. The lowest BCUT2D eigenvalue weighted by atomic mass is 10.2. The standard InChI is InChI=1S/C14H20ClN5O2/c15-12-11(7-16-19-13(12)21)20-6-5-10(8-20)18-14(22)17-9-3-1-2-4-9/h7,9-10H,1-6,8H2,(H,19,21)(H2,17,18,22)/t10-/m1/s1. The highest BCUT2D eigenvalue weighted by atomic mass is 35.5. The lowest BCUT2D eigenvalue weighted by molar-refractivity contribution is 0.234. The second-order valence-corrected chi connectivity index (χ2v) is 6.31. The van der Waals surface area contributed by atoms with Crippen LogP contribution in [-0.4, -0.2) is 41.4 Å². The third-order valence-corrected chi connectivity index (χ3v) is 4.70. The number of nitrogens with zero attached hydrogens (tertiary/aromatic N) is 2. The molecule has 22 heavy (non-hydrogen) atoms. The van der Waals surface area contributed by atoms with Crippen LogP contribution in [0.5, 0.6) is 0 Å². The van der Waals surface area contributed by atoms with Crippen LogP contribution in [0.4, 0.5) is 10.5 Å². The summed E-state index contributed by atoms with van der Waals surface area (Å²) in [7, 11) is 0. The molecule has 1 atom stereocenters. The predicted octanol–water partition coefficient (Wildman–Crippen LogP) is 1.24. The molecule has 8 heteroatoms. The van der Waals surface area contributed by atoms with E-state index in [1.165, 1.54) is 12.8 Å². The van der Waals surface area contributed by atoms with Gasteiger partial charge in [0.25, 0.3) is 5.56 Å². The van der Waals surface area contributed by atoms with Gasteiger partial charge in [-0.1, -0.05) is 24.4 Å². The van der Waals surface area contributed by atoms with Gasteiger partial charge in [-0.2, -0.15) is 5.10 Å². The monoisotopic (exact) mass is 325 g/mol. The fraction of sp³-hybridized carbons (Fsp3) is 0.643. The average Bonchev–Trinajstić information content (AvgIpc) is 3.14. The number of hydrogen-bond donors (Lipinski definition) is 3. The van der Waals surface area contributed by atoms with Gasteiger partial charge in [-0.3, -0.25) is 4.79 Å². The number of aromatic nitrogens is 2. The van der Waals surface area contributed by atoms with Crippen molar-refractivity contribution in [2.75, 3.05) is 18.0 Å². The fourth-order valence-corrected chi connectivity index (χ4v) is 3.38. The number of aromatic amines is 1. The van der Waals surface area contributed by atoms with E-state index in [9.17, 15) is 9.59 Å². The Kier molecular flexibility index (Phi) is 4.52. The van der Waals surface area contributed by atoms with Crippen LogP contribution in [0.3, 0.4) is 0 Å². The highest BCUT2D eigenvalue weighted by Crippen LogP contribution is 2.24. The number of carbonyl (C=O) groups excluding carboxylic acids is 1. The van der Waals surface area contributed by atoms with E-state index in [1.807, 2.05) is 4.90 Å². The molecule has 1 saturated carbocycles. The summed E-state index contributed by atoms with van der Waals surface area (Å²) < 4.78 is 0. The molecular formula is C14H20ClN5O2. The zero-order valence-electron chi connectivity index (χ0n) is 12.3. The zero-order valence-corrected chi connectivity index (χ0v) is 13.0. The molecule has 0 bridgehead atoms. The van der Waals surface area contributed by atoms with Gasteiger partial charge in [0.2, 0.25) is 0 Å². The number of nitrogens with one attached hydrogen (secondary N) is 3. The molecule has 0 aromatic carbocycles. The van der Waals surface area contributed by atoms with Crippen LogP contribution in [0.2, 0.25) is 5.02 Å². The molecule has 1 aliphatic heterocycles. The van der Waals surface area contributed by atoms with Crippen LogP contribution in [0.15, 0.2) is 11.0 Å². The van der Waals surface area contributed by atoms with Gasteiger partial charge in [0.15, 0.2) is 0 Å². The quantitative estimate of drug-likeness (QED) is 0.780. The van der Waals surface area contributed by atoms with Crippen molar-refractivity contribution in [3.05, 3.63) is 21.6 Å². The van der Waals surface area contributed by atoms with E-state index in [0.717, 1.165) is 25.8 Å². The number of anilines is 1. The minimum Gasteiger partial charge on any atom is -0.367 e. The van der Waals surface area contributed by atoms with E-state index in [0.29, 0.717) is 18.3 Å². The number of hydrogen-bond acceptors (Lipinski definition) is 4. The third-order valence-electron chi connectivity index (χ3n) is 4.33. The van der Waals surface area contributed by atoms with Crippen molar-refractivity contribution in [3.63, 3.8) is 0 Å². The van der Waals surface area contributed by atoms with Crippen LogP contribution in [0, 0.1) is 0 Å². The second kappa shape index (κ2) is 6.56. The largest absolute Gasteiger partial charge is 0.367 e. The van der Waals surface area contributed by atoms with Gasteiger partial charge in [-0.25, -0.2) is 9.89 Å². The van der Waals surface area contributed by atoms with E-state index in [2.05, 4.69) is 20.8 Å². The SMILES string of the molecule is O=C(NC1CCCC1)N[C@@H]1CCN(c2cn[nH]c(=O)c2Cl)C1. The van der Waals surface area contributed by atoms with E-state index < -0.39 is 5.56 Å². The summed E-state index contributed by atoms with van der Waals surface area (Å²) in [4.78, 5) is 25.5. The lowest BCUT2D eigenvalue weighted by Gasteiger charge is -2.20. The first-order valence-electron chi connectivity index (χ1n) is 7.68. The Morgan fingerprint density at radius 2 is 2.00 bits per heavy atom. The number of amides is 2. The van der Waals surface area contributed by atoms with Crippen molar-refractivity contribution in [2.45, 2.75) is 44.2 Å². The lowest BCUT2D eigenvalue weighted by Crippen LogP contribution is -2.46. The Morgan fingerprint density at radius 1 is 1.27 bits per heavy atom. The zero-order chi connectivity index (χ0) is 15.5. The van der Waals surface area contributed by atoms with E-state index in [4.69, 9.17) is 11.6 Å². The highest BCUT2D eigenvalue weighted by molar-refractivity contribution is 6.33. The van der Waals surface area contributed by atoms with Gasteiger partial charge < -0.3 is 15.5 Å². The van der Waals surface area contributed by atoms with Crippen molar-refractivity contribution < 1.29 is 4.79 Å². The molecule has 2 heterocycles. The van der Waals surface area contributed by atoms with Crippen LogP contribution >= 0.6 is 11.6 Å². The highest BCUT2D eigenvalue weighted by Gasteiger charge is 2.27. The Balaban J connectivity index is 1.54. The summed E-state index contributed by atoms with van der Waals surface area (Å²) in [6.07, 6.45) is 6.88. The van der Waals surface area contributed by atoms with Crippen LogP contribution in [0.1, 0.15) is 32.1 Å². The Bertz CT molecular complexity index is 599. The first-order chi connectivity index (χ1) is 10.6. The normalized spacial score (nSPS) is 22.0. The average molecular weight is 326 g/mol. The molecular weight excluding hydrogens is 306 g/mol. The van der Waals surface area contributed by atoms with E-state index in [-0.39, 0.29) is 17.1 Å². The molecule has 1 aromatic heterocycles. The molecule has 1 aliphatic carbocycles. The first-order valence-corrected chi connectivity index (χ1v) is 8.06. The van der Waals surface area contributed by atoms with Crippen molar-refractivity contribution in [1.29, 1.82) is 0 Å². The third kappa shape index (κ3) is 3.35. The Hall–Kier alpha value is -1.76. The minimum atomic E-state index is -0.394. The van der Waals surface area contributed by atoms with Crippen molar-refractivity contribution in [1.82, 2.24) is 20.8 Å². The number of rotatable bonds is 3. The fourth-order valence-electron chi connectivity index (χ4n) is 3.17. The van der Waals surface area contributed by atoms with E-state index in [1.54, 1.807) is 6.20 Å². The van der Waals surface area contributed by atoms with Gasteiger partial charge in [-0.15, -0.1) is 0 Å². The summed E-state index contributed by atoms with van der Waals surface area (Å²) in [5, 5.41) is 12.2. The molecule has 7 nitrogen and oxygen atoms in total. The smallest absolute Gasteiger partial charge is 0.315 e. The Labute approximate surface area is 133 Å². The molecule has 1 saturated heterocycles. The topological polar surface area (TPSA) is 90.1 Å². The molecule has 2 aliphatic rings. The second-order valence-electron chi connectivity index (χ2n) is 5.93. The molecule has 2 amide bonds. The molecule has 3 N–H and O–H groups in total. The summed E-state index contributed by atoms with van der Waals surface area (Å²) >= 11 is 6.01. The summed E-state index contributed by atoms with van der Waals surface area (Å²) in [6, 6.07) is 0.259. The molecule has 120 valence electrons. The molecule has 0 spiro atoms. The molecule has 3 rings (SSSR count). The Morgan fingerprint density at radius 3 is 2.77 bits per heavy atom. The van der Waals surface area contributed by atoms with Crippen molar-refractivity contribution >= 4 is 23.3 Å². The van der Waals surface area contributed by atoms with Gasteiger partial charge in [-0.05, 0) is 19.3 Å². The number of halogens is 1. The maximum Gasteiger partial charge on any atom is 0.315 e. The summed E-state index contributed by atoms with van der Waals surface area (Å²) in [5.74, 6) is 0.